The standard InChI is InChI=1S/C21H25N3O4/c1-13(23-12-18(25)15-5-4-8-22-10-15)9-16-11-24-20-17(16)6-3-7-19(20)28-14(2)21(26)27/h3-8,10-11,13-14,18,23-25H,9,12H2,1-2H3,(H,26,27)/t13-,14?,18-/m1/s1. The second-order valence-electron chi connectivity index (χ2n) is 6.91. The summed E-state index contributed by atoms with van der Waals surface area (Å²) >= 11 is 0. The Morgan fingerprint density at radius 1 is 1.29 bits per heavy atom. The summed E-state index contributed by atoms with van der Waals surface area (Å²) in [6, 6.07) is 9.38. The van der Waals surface area contributed by atoms with Gasteiger partial charge in [-0.1, -0.05) is 18.2 Å². The van der Waals surface area contributed by atoms with Gasteiger partial charge in [0.05, 0.1) is 11.6 Å². The number of H-pyrrole nitrogens is 1. The number of aliphatic carboxylic acids is 1. The topological polar surface area (TPSA) is 107 Å². The zero-order chi connectivity index (χ0) is 20.1. The normalized spacial score (nSPS) is 14.5. The molecule has 3 rings (SSSR count). The van der Waals surface area contributed by atoms with Crippen molar-refractivity contribution in [2.24, 2.45) is 0 Å². The third kappa shape index (κ3) is 4.68. The third-order valence-corrected chi connectivity index (χ3v) is 4.67. The van der Waals surface area contributed by atoms with Crippen LogP contribution >= 0.6 is 0 Å². The van der Waals surface area contributed by atoms with E-state index in [1.54, 1.807) is 24.5 Å². The molecule has 28 heavy (non-hydrogen) atoms. The first-order valence-corrected chi connectivity index (χ1v) is 9.25. The molecule has 0 bridgehead atoms. The van der Waals surface area contributed by atoms with Gasteiger partial charge in [0.15, 0.2) is 6.10 Å². The Morgan fingerprint density at radius 2 is 2.11 bits per heavy atom. The smallest absolute Gasteiger partial charge is 0.344 e. The number of hydrogen-bond acceptors (Lipinski definition) is 5. The van der Waals surface area contributed by atoms with E-state index in [1.807, 2.05) is 24.4 Å². The summed E-state index contributed by atoms with van der Waals surface area (Å²) in [6.07, 6.45) is 4.47. The lowest BCUT2D eigenvalue weighted by atomic mass is 10.1. The van der Waals surface area contributed by atoms with E-state index in [-0.39, 0.29) is 6.04 Å². The number of aromatic amines is 1. The largest absolute Gasteiger partial charge is 0.479 e. The Bertz CT molecular complexity index is 926. The van der Waals surface area contributed by atoms with Crippen molar-refractivity contribution in [3.63, 3.8) is 0 Å². The van der Waals surface area contributed by atoms with Crippen LogP contribution in [-0.4, -0.2) is 44.8 Å². The van der Waals surface area contributed by atoms with Crippen LogP contribution in [0.1, 0.15) is 31.1 Å². The van der Waals surface area contributed by atoms with Gasteiger partial charge in [0.25, 0.3) is 0 Å². The van der Waals surface area contributed by atoms with Crippen molar-refractivity contribution in [2.75, 3.05) is 6.54 Å². The van der Waals surface area contributed by atoms with Gasteiger partial charge in [0.2, 0.25) is 0 Å². The number of aromatic nitrogens is 2. The van der Waals surface area contributed by atoms with Crippen molar-refractivity contribution >= 4 is 16.9 Å². The number of nitrogens with one attached hydrogen (secondary N) is 2. The van der Waals surface area contributed by atoms with E-state index in [9.17, 15) is 9.90 Å². The Morgan fingerprint density at radius 3 is 2.82 bits per heavy atom. The number of rotatable bonds is 9. The average molecular weight is 383 g/mol. The fourth-order valence-electron chi connectivity index (χ4n) is 3.10. The van der Waals surface area contributed by atoms with Crippen LogP contribution in [0.4, 0.5) is 0 Å². The van der Waals surface area contributed by atoms with Crippen LogP contribution in [0, 0.1) is 0 Å². The number of pyridine rings is 1. The van der Waals surface area contributed by atoms with Gasteiger partial charge in [-0.25, -0.2) is 4.79 Å². The van der Waals surface area contributed by atoms with Gasteiger partial charge in [-0.15, -0.1) is 0 Å². The first-order valence-electron chi connectivity index (χ1n) is 9.25. The molecule has 0 aliphatic carbocycles. The van der Waals surface area contributed by atoms with E-state index in [0.29, 0.717) is 12.3 Å². The van der Waals surface area contributed by atoms with Crippen LogP contribution in [0.15, 0.2) is 48.9 Å². The zero-order valence-electron chi connectivity index (χ0n) is 15.9. The first kappa shape index (κ1) is 19.9. The second kappa shape index (κ2) is 8.86. The van der Waals surface area contributed by atoms with E-state index in [2.05, 4.69) is 22.2 Å². The van der Waals surface area contributed by atoms with Crippen LogP contribution < -0.4 is 10.1 Å². The minimum atomic E-state index is -1.01. The molecular formula is C21H25N3O4. The van der Waals surface area contributed by atoms with Crippen molar-refractivity contribution in [2.45, 2.75) is 38.5 Å². The number of para-hydroxylation sites is 1. The Kier molecular flexibility index (Phi) is 6.28. The quantitative estimate of drug-likeness (QED) is 0.453. The molecule has 4 N–H and O–H groups in total. The molecule has 0 saturated carbocycles. The summed E-state index contributed by atoms with van der Waals surface area (Å²) in [6.45, 7) is 3.99. The number of carbonyl (C=O) groups is 1. The molecule has 0 spiro atoms. The van der Waals surface area contributed by atoms with E-state index in [1.165, 1.54) is 6.92 Å². The summed E-state index contributed by atoms with van der Waals surface area (Å²) in [5, 5.41) is 23.7. The van der Waals surface area contributed by atoms with E-state index < -0.39 is 18.2 Å². The Labute approximate surface area is 163 Å². The Hall–Kier alpha value is -2.90. The molecule has 0 saturated heterocycles. The minimum Gasteiger partial charge on any atom is -0.479 e. The molecule has 0 amide bonds. The fourth-order valence-corrected chi connectivity index (χ4v) is 3.10. The molecule has 0 fully saturated rings. The van der Waals surface area contributed by atoms with Crippen molar-refractivity contribution in [1.82, 2.24) is 15.3 Å². The fraction of sp³-hybridized carbons (Fsp3) is 0.333. The van der Waals surface area contributed by atoms with E-state index in [0.717, 1.165) is 28.5 Å². The number of carboxylic acid groups (broad SMARTS) is 1. The SMILES string of the molecule is CC(Oc1cccc2c(C[C@@H](C)NC[C@@H](O)c3cccnc3)c[nH]c12)C(=O)O. The first-order chi connectivity index (χ1) is 13.5. The number of aliphatic hydroxyl groups excluding tert-OH is 1. The Balaban J connectivity index is 1.65. The van der Waals surface area contributed by atoms with Crippen LogP contribution in [0.5, 0.6) is 5.75 Å². The molecule has 148 valence electrons. The lowest BCUT2D eigenvalue weighted by Crippen LogP contribution is -2.32. The molecule has 1 unspecified atom stereocenters. The molecule has 0 aliphatic rings. The van der Waals surface area contributed by atoms with Gasteiger partial charge in [0.1, 0.15) is 5.75 Å². The number of benzene rings is 1. The predicted octanol–water partition coefficient (Wildman–Crippen LogP) is 2.67. The van der Waals surface area contributed by atoms with Gasteiger partial charge in [-0.3, -0.25) is 4.98 Å². The lowest BCUT2D eigenvalue weighted by Gasteiger charge is -2.17. The van der Waals surface area contributed by atoms with Crippen LogP contribution in [0.2, 0.25) is 0 Å². The second-order valence-corrected chi connectivity index (χ2v) is 6.91. The number of ether oxygens (including phenoxy) is 1. The highest BCUT2D eigenvalue weighted by molar-refractivity contribution is 5.88. The average Bonchev–Trinajstić information content (AvgIpc) is 3.10. The monoisotopic (exact) mass is 383 g/mol. The van der Waals surface area contributed by atoms with E-state index in [4.69, 9.17) is 9.84 Å². The van der Waals surface area contributed by atoms with Crippen LogP contribution in [0.3, 0.4) is 0 Å². The van der Waals surface area contributed by atoms with Crippen molar-refractivity contribution in [3.05, 3.63) is 60.0 Å². The van der Waals surface area contributed by atoms with Gasteiger partial charge in [-0.05, 0) is 38.0 Å². The maximum atomic E-state index is 11.1. The van der Waals surface area contributed by atoms with Gasteiger partial charge in [0, 0.05) is 42.1 Å². The molecule has 0 radical (unpaired) electrons. The van der Waals surface area contributed by atoms with Crippen molar-refractivity contribution in [1.29, 1.82) is 0 Å². The summed E-state index contributed by atoms with van der Waals surface area (Å²) in [4.78, 5) is 18.3. The highest BCUT2D eigenvalue weighted by Crippen LogP contribution is 2.28. The van der Waals surface area contributed by atoms with Gasteiger partial charge < -0.3 is 25.3 Å². The van der Waals surface area contributed by atoms with Crippen molar-refractivity contribution in [3.8, 4) is 5.75 Å². The summed E-state index contributed by atoms with van der Waals surface area (Å²) < 4.78 is 5.55. The van der Waals surface area contributed by atoms with Crippen molar-refractivity contribution < 1.29 is 19.7 Å². The number of hydrogen-bond donors (Lipinski definition) is 4. The summed E-state index contributed by atoms with van der Waals surface area (Å²) in [5.41, 5.74) is 2.66. The maximum Gasteiger partial charge on any atom is 0.344 e. The predicted molar refractivity (Wildman–Crippen MR) is 106 cm³/mol. The molecule has 2 heterocycles. The van der Waals surface area contributed by atoms with Crippen LogP contribution in [-0.2, 0) is 11.2 Å². The molecule has 7 nitrogen and oxygen atoms in total. The zero-order valence-corrected chi connectivity index (χ0v) is 15.9. The number of fused-ring (bicyclic) bond motifs is 1. The van der Waals surface area contributed by atoms with E-state index >= 15 is 0 Å². The number of carboxylic acids is 1. The molecular weight excluding hydrogens is 358 g/mol. The van der Waals surface area contributed by atoms with Gasteiger partial charge in [-0.2, -0.15) is 0 Å². The minimum absolute atomic E-state index is 0.132. The number of nitrogens with zero attached hydrogens (tertiary/aromatic N) is 1. The molecule has 3 aromatic rings. The molecule has 3 atom stereocenters. The third-order valence-electron chi connectivity index (χ3n) is 4.67. The highest BCUT2D eigenvalue weighted by atomic mass is 16.5. The number of aliphatic hydroxyl groups is 1. The summed E-state index contributed by atoms with van der Waals surface area (Å²) in [5.74, 6) is -0.486. The summed E-state index contributed by atoms with van der Waals surface area (Å²) in [7, 11) is 0. The lowest BCUT2D eigenvalue weighted by molar-refractivity contribution is -0.144. The van der Waals surface area contributed by atoms with Crippen LogP contribution in [0.25, 0.3) is 10.9 Å². The molecule has 2 aromatic heterocycles. The van der Waals surface area contributed by atoms with Gasteiger partial charge >= 0.3 is 5.97 Å². The highest BCUT2D eigenvalue weighted by Gasteiger charge is 2.17. The molecule has 0 aliphatic heterocycles. The molecule has 7 heteroatoms. The molecule has 1 aromatic carbocycles. The maximum absolute atomic E-state index is 11.1.